The highest BCUT2D eigenvalue weighted by atomic mass is 16.2. The highest BCUT2D eigenvalue weighted by molar-refractivity contribution is 5.83. The summed E-state index contributed by atoms with van der Waals surface area (Å²) in [6.45, 7) is 9.60. The van der Waals surface area contributed by atoms with Crippen LogP contribution in [0.15, 0.2) is 24.5 Å². The fraction of sp³-hybridized carbons (Fsp3) is 0.682. The molecule has 2 saturated heterocycles. The van der Waals surface area contributed by atoms with E-state index < -0.39 is 0 Å². The fourth-order valence-corrected chi connectivity index (χ4v) is 4.52. The Morgan fingerprint density at radius 1 is 1.38 bits per heavy atom. The van der Waals surface area contributed by atoms with Crippen LogP contribution in [0.2, 0.25) is 0 Å². The minimum atomic E-state index is -0.0939. The van der Waals surface area contributed by atoms with Gasteiger partial charge < -0.3 is 10.6 Å². The van der Waals surface area contributed by atoms with Crippen LogP contribution in [0.4, 0.5) is 0 Å². The van der Waals surface area contributed by atoms with Crippen LogP contribution in [0.25, 0.3) is 0 Å². The third-order valence-electron chi connectivity index (χ3n) is 5.94. The number of aromatic nitrogens is 1. The molecule has 29 heavy (non-hydrogen) atoms. The van der Waals surface area contributed by atoms with E-state index in [-0.39, 0.29) is 35.4 Å². The van der Waals surface area contributed by atoms with Gasteiger partial charge in [-0.1, -0.05) is 26.8 Å². The predicted octanol–water partition coefficient (Wildman–Crippen LogP) is 1.40. The third kappa shape index (κ3) is 5.76. The smallest absolute Gasteiger partial charge is 0.239 e. The third-order valence-corrected chi connectivity index (χ3v) is 5.94. The van der Waals surface area contributed by atoms with Crippen molar-refractivity contribution in [1.82, 2.24) is 25.4 Å². The molecule has 0 saturated carbocycles. The van der Waals surface area contributed by atoms with Gasteiger partial charge in [-0.3, -0.25) is 24.4 Å². The Morgan fingerprint density at radius 3 is 2.86 bits per heavy atom. The van der Waals surface area contributed by atoms with E-state index in [0.29, 0.717) is 19.5 Å². The molecule has 2 aliphatic heterocycles. The number of nitrogens with one attached hydrogen (secondary N) is 2. The lowest BCUT2D eigenvalue weighted by molar-refractivity contribution is -0.126. The number of likely N-dealkylation sites (tertiary alicyclic amines) is 1. The van der Waals surface area contributed by atoms with Crippen LogP contribution in [0, 0.1) is 5.41 Å². The number of amides is 2. The van der Waals surface area contributed by atoms with Crippen molar-refractivity contribution in [3.8, 4) is 0 Å². The maximum atomic E-state index is 12.8. The van der Waals surface area contributed by atoms with Crippen molar-refractivity contribution >= 4 is 11.8 Å². The number of hydrogen-bond acceptors (Lipinski definition) is 5. The normalized spacial score (nSPS) is 25.9. The number of rotatable bonds is 6. The van der Waals surface area contributed by atoms with Crippen molar-refractivity contribution in [2.75, 3.05) is 26.7 Å². The number of fused-ring (bicyclic) bond motifs is 1. The summed E-state index contributed by atoms with van der Waals surface area (Å²) < 4.78 is 0. The average molecular weight is 402 g/mol. The van der Waals surface area contributed by atoms with E-state index in [1.807, 2.05) is 12.1 Å². The fourth-order valence-electron chi connectivity index (χ4n) is 4.52. The molecular formula is C22H35N5O2. The lowest BCUT2D eigenvalue weighted by atomic mass is 9.95. The van der Waals surface area contributed by atoms with Crippen molar-refractivity contribution in [1.29, 1.82) is 0 Å². The molecule has 3 rings (SSSR count). The number of carbonyl (C=O) groups excluding carboxylic acids is 2. The summed E-state index contributed by atoms with van der Waals surface area (Å²) in [6, 6.07) is 4.11. The highest BCUT2D eigenvalue weighted by Crippen LogP contribution is 2.30. The first-order valence-electron chi connectivity index (χ1n) is 10.6. The molecule has 2 amide bonds. The molecular weight excluding hydrogens is 366 g/mol. The Labute approximate surface area is 174 Å². The molecule has 160 valence electrons. The first kappa shape index (κ1) is 21.7. The van der Waals surface area contributed by atoms with Gasteiger partial charge in [-0.25, -0.2) is 0 Å². The van der Waals surface area contributed by atoms with Crippen LogP contribution in [-0.2, 0) is 16.1 Å². The summed E-state index contributed by atoms with van der Waals surface area (Å²) >= 11 is 0. The van der Waals surface area contributed by atoms with E-state index >= 15 is 0 Å². The van der Waals surface area contributed by atoms with E-state index in [0.717, 1.165) is 31.5 Å². The summed E-state index contributed by atoms with van der Waals surface area (Å²) in [4.78, 5) is 33.9. The second-order valence-electron chi connectivity index (χ2n) is 9.57. The predicted molar refractivity (Wildman–Crippen MR) is 113 cm³/mol. The topological polar surface area (TPSA) is 77.6 Å². The second-order valence-corrected chi connectivity index (χ2v) is 9.57. The Balaban J connectivity index is 1.54. The Hall–Kier alpha value is -1.99. The summed E-state index contributed by atoms with van der Waals surface area (Å²) in [5, 5.41) is 6.10. The van der Waals surface area contributed by atoms with Crippen molar-refractivity contribution in [3.63, 3.8) is 0 Å². The van der Waals surface area contributed by atoms with Crippen molar-refractivity contribution in [3.05, 3.63) is 30.1 Å². The molecule has 1 aromatic rings. The molecule has 2 N–H and O–H groups in total. The van der Waals surface area contributed by atoms with E-state index in [1.54, 1.807) is 12.4 Å². The molecule has 7 nitrogen and oxygen atoms in total. The largest absolute Gasteiger partial charge is 0.353 e. The summed E-state index contributed by atoms with van der Waals surface area (Å²) in [6.07, 6.45) is 5.67. The quantitative estimate of drug-likeness (QED) is 0.753. The Morgan fingerprint density at radius 2 is 2.17 bits per heavy atom. The number of carbonyl (C=O) groups is 2. The van der Waals surface area contributed by atoms with Gasteiger partial charge in [-0.2, -0.15) is 0 Å². The zero-order chi connectivity index (χ0) is 21.0. The lowest BCUT2D eigenvalue weighted by Crippen LogP contribution is -2.51. The van der Waals surface area contributed by atoms with Crippen molar-refractivity contribution < 1.29 is 9.59 Å². The molecule has 2 fully saturated rings. The number of nitrogens with zero attached hydrogens (tertiary/aromatic N) is 3. The van der Waals surface area contributed by atoms with Crippen LogP contribution in [0.1, 0.15) is 45.6 Å². The SMILES string of the molecule is CN1[C@@H](CCC(=O)NCc2cccnc2)CNC(=O)[C@@H]2[C@H]1CCN2CC(C)(C)C. The number of likely N-dealkylation sites (N-methyl/N-ethyl adjacent to an activating group) is 1. The first-order chi connectivity index (χ1) is 13.7. The van der Waals surface area contributed by atoms with Crippen molar-refractivity contribution in [2.45, 2.75) is 64.7 Å². The van der Waals surface area contributed by atoms with Crippen LogP contribution >= 0.6 is 0 Å². The van der Waals surface area contributed by atoms with Gasteiger partial charge >= 0.3 is 0 Å². The van der Waals surface area contributed by atoms with Gasteiger partial charge in [-0.15, -0.1) is 0 Å². The van der Waals surface area contributed by atoms with Gasteiger partial charge in [-0.05, 0) is 36.9 Å². The van der Waals surface area contributed by atoms with Crippen molar-refractivity contribution in [2.24, 2.45) is 5.41 Å². The zero-order valence-electron chi connectivity index (χ0n) is 18.1. The average Bonchev–Trinajstić information content (AvgIpc) is 3.03. The van der Waals surface area contributed by atoms with Crippen LogP contribution in [0.3, 0.4) is 0 Å². The molecule has 3 atom stereocenters. The van der Waals surface area contributed by atoms with E-state index in [9.17, 15) is 9.59 Å². The van der Waals surface area contributed by atoms with Gasteiger partial charge in [0.2, 0.25) is 11.8 Å². The van der Waals surface area contributed by atoms with E-state index in [4.69, 9.17) is 0 Å². The van der Waals surface area contributed by atoms with Crippen LogP contribution in [-0.4, -0.2) is 71.4 Å². The van der Waals surface area contributed by atoms with Gasteiger partial charge in [0, 0.05) is 57.1 Å². The monoisotopic (exact) mass is 401 g/mol. The molecule has 0 aliphatic carbocycles. The minimum absolute atomic E-state index is 0.0372. The molecule has 7 heteroatoms. The molecule has 0 aromatic carbocycles. The molecule has 3 heterocycles. The maximum Gasteiger partial charge on any atom is 0.239 e. The standard InChI is InChI=1S/C22H35N5O2/c1-22(2,3)15-27-11-9-18-20(27)21(29)25-14-17(26(18)4)7-8-19(28)24-13-16-6-5-10-23-12-16/h5-6,10,12,17-18,20H,7-9,11,13-15H2,1-4H3,(H,24,28)(H,25,29)/t17-,18+,20-/m0/s1. The maximum absolute atomic E-state index is 12.8. The summed E-state index contributed by atoms with van der Waals surface area (Å²) in [7, 11) is 2.11. The molecule has 0 bridgehead atoms. The summed E-state index contributed by atoms with van der Waals surface area (Å²) in [5.74, 6) is 0.169. The summed E-state index contributed by atoms with van der Waals surface area (Å²) in [5.41, 5.74) is 1.15. The Kier molecular flexibility index (Phi) is 6.90. The van der Waals surface area contributed by atoms with E-state index in [2.05, 4.69) is 53.2 Å². The van der Waals surface area contributed by atoms with Gasteiger partial charge in [0.15, 0.2) is 0 Å². The highest BCUT2D eigenvalue weighted by Gasteiger charge is 2.45. The number of pyridine rings is 1. The molecule has 0 unspecified atom stereocenters. The first-order valence-corrected chi connectivity index (χ1v) is 10.6. The van der Waals surface area contributed by atoms with E-state index in [1.165, 1.54) is 0 Å². The Bertz CT molecular complexity index is 703. The van der Waals surface area contributed by atoms with Gasteiger partial charge in [0.05, 0.1) is 0 Å². The molecule has 2 aliphatic rings. The van der Waals surface area contributed by atoms with Crippen LogP contribution in [0.5, 0.6) is 0 Å². The minimum Gasteiger partial charge on any atom is -0.353 e. The molecule has 0 spiro atoms. The van der Waals surface area contributed by atoms with Gasteiger partial charge in [0.25, 0.3) is 0 Å². The number of hydrogen-bond donors (Lipinski definition) is 2. The zero-order valence-corrected chi connectivity index (χ0v) is 18.1. The van der Waals surface area contributed by atoms with Crippen LogP contribution < -0.4 is 10.6 Å². The van der Waals surface area contributed by atoms with Gasteiger partial charge in [0.1, 0.15) is 6.04 Å². The molecule has 1 aromatic heterocycles. The molecule has 0 radical (unpaired) electrons. The second kappa shape index (κ2) is 9.22. The lowest BCUT2D eigenvalue weighted by Gasteiger charge is -2.34.